The summed E-state index contributed by atoms with van der Waals surface area (Å²) in [7, 11) is 0. The number of esters is 3. The molecule has 0 radical (unpaired) electrons. The highest BCUT2D eigenvalue weighted by Gasteiger charge is 2.30. The van der Waals surface area contributed by atoms with Crippen LogP contribution >= 0.6 is 0 Å². The maximum atomic E-state index is 12.4. The van der Waals surface area contributed by atoms with Gasteiger partial charge in [-0.05, 0) is 42.9 Å². The molecule has 1 aromatic carbocycles. The average Bonchev–Trinajstić information content (AvgIpc) is 2.71. The molecule has 1 rings (SSSR count). The highest BCUT2D eigenvalue weighted by molar-refractivity contribution is 5.77. The first kappa shape index (κ1) is 30.1. The zero-order valence-corrected chi connectivity index (χ0v) is 21.7. The smallest absolute Gasteiger partial charge is 0.321 e. The van der Waals surface area contributed by atoms with Gasteiger partial charge in [0.1, 0.15) is 6.04 Å². The number of rotatable bonds is 13. The molecule has 1 aromatic rings. The minimum Gasteiger partial charge on any atom is -0.480 e. The Hall–Kier alpha value is -2.94. The second-order valence-electron chi connectivity index (χ2n) is 9.96. The number of carbonyl (C=O) groups is 4. The summed E-state index contributed by atoms with van der Waals surface area (Å²) in [6.45, 7) is 12.5. The lowest BCUT2D eigenvalue weighted by atomic mass is 9.87. The summed E-state index contributed by atoms with van der Waals surface area (Å²) in [5, 5.41) is 9.58. The van der Waals surface area contributed by atoms with E-state index in [1.165, 1.54) is 12.1 Å². The number of hydrogen-bond donors (Lipinski definition) is 2. The number of benzene rings is 1. The fraction of sp³-hybridized carbons (Fsp3) is 0.615. The van der Waals surface area contributed by atoms with Crippen LogP contribution in [0.15, 0.2) is 18.2 Å². The number of nitrogens with two attached hydrogens (primary N) is 1. The molecular weight excluding hydrogens is 454 g/mol. The fourth-order valence-electron chi connectivity index (χ4n) is 3.32. The van der Waals surface area contributed by atoms with Gasteiger partial charge in [-0.1, -0.05) is 47.6 Å². The minimum atomic E-state index is -1.32. The van der Waals surface area contributed by atoms with Crippen molar-refractivity contribution in [2.75, 3.05) is 0 Å². The molecule has 0 fully saturated rings. The van der Waals surface area contributed by atoms with Crippen LogP contribution in [0.3, 0.4) is 0 Å². The van der Waals surface area contributed by atoms with Gasteiger partial charge >= 0.3 is 23.9 Å². The van der Waals surface area contributed by atoms with Crippen molar-refractivity contribution in [2.24, 2.45) is 23.5 Å². The van der Waals surface area contributed by atoms with E-state index in [1.54, 1.807) is 26.8 Å². The van der Waals surface area contributed by atoms with Crippen molar-refractivity contribution in [1.29, 1.82) is 0 Å². The third kappa shape index (κ3) is 10.5. The first-order chi connectivity index (χ1) is 16.2. The zero-order valence-electron chi connectivity index (χ0n) is 21.7. The second kappa shape index (κ2) is 13.8. The van der Waals surface area contributed by atoms with Gasteiger partial charge in [0.25, 0.3) is 0 Å². The fourth-order valence-corrected chi connectivity index (χ4v) is 3.32. The molecule has 0 aliphatic rings. The van der Waals surface area contributed by atoms with Crippen LogP contribution in [-0.2, 0) is 23.9 Å². The molecule has 0 heterocycles. The summed E-state index contributed by atoms with van der Waals surface area (Å²) in [4.78, 5) is 48.4. The van der Waals surface area contributed by atoms with Crippen LogP contribution in [0.25, 0.3) is 0 Å². The minimum absolute atomic E-state index is 0.000303. The Bertz CT molecular complexity index is 893. The van der Waals surface area contributed by atoms with Crippen molar-refractivity contribution in [2.45, 2.75) is 85.8 Å². The molecule has 9 nitrogen and oxygen atoms in total. The van der Waals surface area contributed by atoms with Gasteiger partial charge in [-0.25, -0.2) is 0 Å². The van der Waals surface area contributed by atoms with Gasteiger partial charge in [0.2, 0.25) is 0 Å². The SMILES string of the molecule is CC(C)CC(=O)Oc1ccc(C(CC(C)OC(=O)C(C)C)[C@H](N)C(=O)O)cc1OC(=O)CC(C)C. The van der Waals surface area contributed by atoms with E-state index in [4.69, 9.17) is 19.9 Å². The number of carbonyl (C=O) groups excluding carboxylic acids is 3. The second-order valence-corrected chi connectivity index (χ2v) is 9.96. The summed E-state index contributed by atoms with van der Waals surface area (Å²) in [5.74, 6) is -3.58. The van der Waals surface area contributed by atoms with E-state index in [1.807, 2.05) is 27.7 Å². The van der Waals surface area contributed by atoms with Crippen molar-refractivity contribution >= 4 is 23.9 Å². The summed E-state index contributed by atoms with van der Waals surface area (Å²) in [6, 6.07) is 3.17. The van der Waals surface area contributed by atoms with Crippen LogP contribution in [0.1, 0.15) is 79.2 Å². The standard InChI is InChI=1S/C26H39NO8/c1-14(2)10-22(28)34-20-9-8-18(13-21(20)35-23(29)11-15(3)4)19(24(27)25(30)31)12-17(7)33-26(32)16(5)6/h8-9,13-17,19,24H,10-12,27H2,1-7H3,(H,30,31)/t17?,19?,24-/m0/s1. The molecule has 0 saturated carbocycles. The van der Waals surface area contributed by atoms with Crippen LogP contribution in [0.5, 0.6) is 11.5 Å². The third-order valence-electron chi connectivity index (χ3n) is 5.09. The predicted molar refractivity (Wildman–Crippen MR) is 130 cm³/mol. The first-order valence-electron chi connectivity index (χ1n) is 11.9. The molecule has 2 unspecified atom stereocenters. The molecule has 0 aliphatic carbocycles. The van der Waals surface area contributed by atoms with Gasteiger partial charge in [-0.2, -0.15) is 0 Å². The molecule has 0 bridgehead atoms. The van der Waals surface area contributed by atoms with Crippen LogP contribution < -0.4 is 15.2 Å². The van der Waals surface area contributed by atoms with Gasteiger partial charge < -0.3 is 25.1 Å². The number of carboxylic acids is 1. The number of ether oxygens (including phenoxy) is 3. The Morgan fingerprint density at radius 1 is 0.857 bits per heavy atom. The quantitative estimate of drug-likeness (QED) is 0.307. The topological polar surface area (TPSA) is 142 Å². The lowest BCUT2D eigenvalue weighted by Gasteiger charge is -2.26. The molecule has 0 amide bonds. The van der Waals surface area contributed by atoms with Crippen molar-refractivity contribution in [3.8, 4) is 11.5 Å². The Kier molecular flexibility index (Phi) is 11.9. The van der Waals surface area contributed by atoms with E-state index >= 15 is 0 Å². The van der Waals surface area contributed by atoms with Crippen LogP contribution in [0, 0.1) is 17.8 Å². The molecular formula is C26H39NO8. The summed E-state index contributed by atoms with van der Waals surface area (Å²) < 4.78 is 16.3. The van der Waals surface area contributed by atoms with Crippen LogP contribution in [0.2, 0.25) is 0 Å². The van der Waals surface area contributed by atoms with E-state index in [2.05, 4.69) is 0 Å². The lowest BCUT2D eigenvalue weighted by Crippen LogP contribution is -2.38. The Morgan fingerprint density at radius 3 is 1.83 bits per heavy atom. The zero-order chi connectivity index (χ0) is 26.9. The van der Waals surface area contributed by atoms with Crippen molar-refractivity contribution in [1.82, 2.24) is 0 Å². The molecule has 9 heteroatoms. The number of hydrogen-bond acceptors (Lipinski definition) is 8. The van der Waals surface area contributed by atoms with Crippen molar-refractivity contribution in [3.63, 3.8) is 0 Å². The Labute approximate surface area is 207 Å². The Balaban J connectivity index is 3.35. The molecule has 0 saturated heterocycles. The molecule has 3 atom stereocenters. The normalized spacial score (nSPS) is 13.9. The maximum Gasteiger partial charge on any atom is 0.321 e. The van der Waals surface area contributed by atoms with Gasteiger partial charge in [0.15, 0.2) is 11.5 Å². The van der Waals surface area contributed by atoms with E-state index in [0.717, 1.165) is 0 Å². The van der Waals surface area contributed by atoms with Gasteiger partial charge in [0, 0.05) is 18.8 Å². The predicted octanol–water partition coefficient (Wildman–Crippen LogP) is 4.06. The molecule has 0 aliphatic heterocycles. The summed E-state index contributed by atoms with van der Waals surface area (Å²) >= 11 is 0. The maximum absolute atomic E-state index is 12.4. The van der Waals surface area contributed by atoms with Crippen molar-refractivity contribution < 1.29 is 38.5 Å². The van der Waals surface area contributed by atoms with Crippen LogP contribution in [-0.4, -0.2) is 41.1 Å². The van der Waals surface area contributed by atoms with E-state index in [0.29, 0.717) is 5.56 Å². The summed E-state index contributed by atoms with van der Waals surface area (Å²) in [6.07, 6.45) is -0.176. The molecule has 0 aromatic heterocycles. The van der Waals surface area contributed by atoms with Gasteiger partial charge in [0.05, 0.1) is 12.0 Å². The van der Waals surface area contributed by atoms with Crippen molar-refractivity contribution in [3.05, 3.63) is 23.8 Å². The van der Waals surface area contributed by atoms with Gasteiger partial charge in [-0.15, -0.1) is 0 Å². The largest absolute Gasteiger partial charge is 0.480 e. The monoisotopic (exact) mass is 493 g/mol. The number of aliphatic carboxylic acids is 1. The lowest BCUT2D eigenvalue weighted by molar-refractivity contribution is -0.152. The van der Waals surface area contributed by atoms with E-state index in [9.17, 15) is 24.3 Å². The molecule has 3 N–H and O–H groups in total. The third-order valence-corrected chi connectivity index (χ3v) is 5.09. The average molecular weight is 494 g/mol. The highest BCUT2D eigenvalue weighted by Crippen LogP contribution is 2.35. The first-order valence-corrected chi connectivity index (χ1v) is 11.9. The van der Waals surface area contributed by atoms with Gasteiger partial charge in [-0.3, -0.25) is 19.2 Å². The van der Waals surface area contributed by atoms with E-state index in [-0.39, 0.29) is 48.5 Å². The Morgan fingerprint density at radius 2 is 1.37 bits per heavy atom. The highest BCUT2D eigenvalue weighted by atomic mass is 16.6. The van der Waals surface area contributed by atoms with E-state index < -0.39 is 41.9 Å². The molecule has 35 heavy (non-hydrogen) atoms. The van der Waals surface area contributed by atoms with Crippen LogP contribution in [0.4, 0.5) is 0 Å². The molecule has 0 spiro atoms. The molecule has 196 valence electrons. The summed E-state index contributed by atoms with van der Waals surface area (Å²) in [5.41, 5.74) is 6.44. The number of carboxylic acid groups (broad SMARTS) is 1.